The van der Waals surface area contributed by atoms with Crippen LogP contribution >= 0.6 is 34.8 Å². The first-order chi connectivity index (χ1) is 5.54. The summed E-state index contributed by atoms with van der Waals surface area (Å²) in [6, 6.07) is 3.63. The van der Waals surface area contributed by atoms with Crippen molar-refractivity contribution in [1.82, 2.24) is 4.98 Å². The highest BCUT2D eigenvalue weighted by Gasteiger charge is 2.23. The summed E-state index contributed by atoms with van der Waals surface area (Å²) in [6.07, 6.45) is 2.66. The Morgan fingerprint density at radius 2 is 2.00 bits per heavy atom. The van der Waals surface area contributed by atoms with Crippen LogP contribution in [0.2, 0.25) is 0 Å². The summed E-state index contributed by atoms with van der Waals surface area (Å²) in [4.78, 5) is 4.02. The highest BCUT2D eigenvalue weighted by atomic mass is 35.6. The molecule has 0 fully saturated rings. The molecule has 0 N–H and O–H groups in total. The van der Waals surface area contributed by atoms with Gasteiger partial charge in [0.05, 0.1) is 5.69 Å². The van der Waals surface area contributed by atoms with E-state index in [0.29, 0.717) is 5.69 Å². The summed E-state index contributed by atoms with van der Waals surface area (Å²) < 4.78 is -1.41. The van der Waals surface area contributed by atoms with E-state index < -0.39 is 3.79 Å². The number of aryl methyl sites for hydroxylation is 1. The molecular weight excluding hydrogens is 216 g/mol. The van der Waals surface area contributed by atoms with Gasteiger partial charge < -0.3 is 0 Å². The fourth-order valence-electron chi connectivity index (χ4n) is 0.801. The second-order valence-electron chi connectivity index (χ2n) is 2.40. The SMILES string of the molecule is CCc1ccc(C(Cl)(Cl)Cl)nc1. The van der Waals surface area contributed by atoms with E-state index in [2.05, 4.69) is 4.98 Å². The molecule has 0 unspecified atom stereocenters. The van der Waals surface area contributed by atoms with Gasteiger partial charge >= 0.3 is 0 Å². The van der Waals surface area contributed by atoms with Gasteiger partial charge in [-0.05, 0) is 18.1 Å². The number of hydrogen-bond donors (Lipinski definition) is 0. The number of pyridine rings is 1. The molecule has 0 amide bonds. The topological polar surface area (TPSA) is 12.9 Å². The second kappa shape index (κ2) is 3.82. The molecule has 0 saturated heterocycles. The Morgan fingerprint density at radius 1 is 1.33 bits per heavy atom. The third-order valence-corrected chi connectivity index (χ3v) is 2.10. The van der Waals surface area contributed by atoms with E-state index in [1.807, 2.05) is 13.0 Å². The summed E-state index contributed by atoms with van der Waals surface area (Å²) in [5.74, 6) is 0. The summed E-state index contributed by atoms with van der Waals surface area (Å²) >= 11 is 16.9. The van der Waals surface area contributed by atoms with Gasteiger partial charge in [0.15, 0.2) is 0 Å². The first-order valence-corrected chi connectivity index (χ1v) is 4.69. The van der Waals surface area contributed by atoms with Crippen LogP contribution in [-0.2, 0) is 10.2 Å². The van der Waals surface area contributed by atoms with Crippen LogP contribution in [0.4, 0.5) is 0 Å². The minimum atomic E-state index is -1.41. The van der Waals surface area contributed by atoms with Crippen LogP contribution in [0.25, 0.3) is 0 Å². The van der Waals surface area contributed by atoms with Gasteiger partial charge in [-0.25, -0.2) is 0 Å². The predicted octanol–water partition coefficient (Wildman–Crippen LogP) is 3.47. The van der Waals surface area contributed by atoms with Gasteiger partial charge in [0, 0.05) is 6.20 Å². The molecule has 1 rings (SSSR count). The van der Waals surface area contributed by atoms with Gasteiger partial charge in [-0.1, -0.05) is 47.8 Å². The van der Waals surface area contributed by atoms with Crippen molar-refractivity contribution < 1.29 is 0 Å². The molecule has 0 radical (unpaired) electrons. The molecule has 4 heteroatoms. The Morgan fingerprint density at radius 3 is 2.33 bits per heavy atom. The number of hydrogen-bond acceptors (Lipinski definition) is 1. The van der Waals surface area contributed by atoms with Crippen molar-refractivity contribution in [1.29, 1.82) is 0 Å². The zero-order chi connectivity index (χ0) is 9.19. The smallest absolute Gasteiger partial charge is 0.232 e. The molecule has 0 saturated carbocycles. The van der Waals surface area contributed by atoms with E-state index in [1.54, 1.807) is 12.3 Å². The van der Waals surface area contributed by atoms with Gasteiger partial charge in [-0.2, -0.15) is 0 Å². The van der Waals surface area contributed by atoms with Gasteiger partial charge in [0.2, 0.25) is 3.79 Å². The lowest BCUT2D eigenvalue weighted by molar-refractivity contribution is 1.03. The molecule has 1 aromatic rings. The summed E-state index contributed by atoms with van der Waals surface area (Å²) in [7, 11) is 0. The average molecular weight is 225 g/mol. The Kier molecular flexibility index (Phi) is 3.22. The molecule has 66 valence electrons. The van der Waals surface area contributed by atoms with E-state index in [1.165, 1.54) is 0 Å². The number of rotatable bonds is 1. The number of alkyl halides is 3. The van der Waals surface area contributed by atoms with Gasteiger partial charge in [-0.3, -0.25) is 4.98 Å². The highest BCUT2D eigenvalue weighted by molar-refractivity contribution is 6.66. The normalized spacial score (nSPS) is 11.7. The maximum atomic E-state index is 5.62. The Bertz CT molecular complexity index is 250. The van der Waals surface area contributed by atoms with Crippen molar-refractivity contribution in [3.05, 3.63) is 29.6 Å². The van der Waals surface area contributed by atoms with Crippen molar-refractivity contribution in [2.45, 2.75) is 17.1 Å². The predicted molar refractivity (Wildman–Crippen MR) is 52.9 cm³/mol. The second-order valence-corrected chi connectivity index (χ2v) is 4.68. The van der Waals surface area contributed by atoms with Crippen LogP contribution in [0, 0.1) is 0 Å². The molecule has 1 heterocycles. The van der Waals surface area contributed by atoms with Crippen molar-refractivity contribution in [2.75, 3.05) is 0 Å². The van der Waals surface area contributed by atoms with Crippen molar-refractivity contribution in [3.63, 3.8) is 0 Å². The minimum absolute atomic E-state index is 0.463. The zero-order valence-corrected chi connectivity index (χ0v) is 8.79. The Labute approximate surface area is 86.7 Å². The Balaban J connectivity index is 2.93. The monoisotopic (exact) mass is 223 g/mol. The maximum absolute atomic E-state index is 5.62. The van der Waals surface area contributed by atoms with E-state index >= 15 is 0 Å². The van der Waals surface area contributed by atoms with Crippen LogP contribution in [0.5, 0.6) is 0 Å². The van der Waals surface area contributed by atoms with Gasteiger partial charge in [0.25, 0.3) is 0 Å². The molecule has 0 bridgehead atoms. The van der Waals surface area contributed by atoms with Crippen LogP contribution in [0.3, 0.4) is 0 Å². The van der Waals surface area contributed by atoms with E-state index in [-0.39, 0.29) is 0 Å². The quantitative estimate of drug-likeness (QED) is 0.666. The molecule has 1 nitrogen and oxygen atoms in total. The maximum Gasteiger partial charge on any atom is 0.232 e. The lowest BCUT2D eigenvalue weighted by atomic mass is 10.2. The van der Waals surface area contributed by atoms with Crippen molar-refractivity contribution >= 4 is 34.8 Å². The minimum Gasteiger partial charge on any atom is -0.256 e. The molecular formula is C8H8Cl3N. The van der Waals surface area contributed by atoms with Gasteiger partial charge in [0.1, 0.15) is 0 Å². The third-order valence-electron chi connectivity index (χ3n) is 1.52. The first kappa shape index (κ1) is 10.1. The molecule has 12 heavy (non-hydrogen) atoms. The fourth-order valence-corrected chi connectivity index (χ4v) is 1.14. The lowest BCUT2D eigenvalue weighted by Crippen LogP contribution is -2.03. The number of halogens is 3. The van der Waals surface area contributed by atoms with Crippen LogP contribution < -0.4 is 0 Å². The van der Waals surface area contributed by atoms with Crippen molar-refractivity contribution in [2.24, 2.45) is 0 Å². The highest BCUT2D eigenvalue weighted by Crippen LogP contribution is 2.36. The Hall–Kier alpha value is 0.0200. The van der Waals surface area contributed by atoms with Crippen LogP contribution in [-0.4, -0.2) is 4.98 Å². The largest absolute Gasteiger partial charge is 0.256 e. The molecule has 0 aromatic carbocycles. The van der Waals surface area contributed by atoms with E-state index in [9.17, 15) is 0 Å². The van der Waals surface area contributed by atoms with Crippen LogP contribution in [0.1, 0.15) is 18.2 Å². The van der Waals surface area contributed by atoms with Gasteiger partial charge in [-0.15, -0.1) is 0 Å². The molecule has 0 aliphatic rings. The van der Waals surface area contributed by atoms with E-state index in [0.717, 1.165) is 12.0 Å². The number of nitrogens with zero attached hydrogens (tertiary/aromatic N) is 1. The third kappa shape index (κ3) is 2.51. The molecule has 0 aliphatic carbocycles. The van der Waals surface area contributed by atoms with Crippen LogP contribution in [0.15, 0.2) is 18.3 Å². The standard InChI is InChI=1S/C8H8Cl3N/c1-2-6-3-4-7(12-5-6)8(9,10)11/h3-5H,2H2,1H3. The lowest BCUT2D eigenvalue weighted by Gasteiger charge is -2.09. The van der Waals surface area contributed by atoms with Crippen molar-refractivity contribution in [3.8, 4) is 0 Å². The zero-order valence-electron chi connectivity index (χ0n) is 6.52. The van der Waals surface area contributed by atoms with E-state index in [4.69, 9.17) is 34.8 Å². The molecule has 0 aliphatic heterocycles. The summed E-state index contributed by atoms with van der Waals surface area (Å²) in [5.41, 5.74) is 1.60. The fraction of sp³-hybridized carbons (Fsp3) is 0.375. The number of aromatic nitrogens is 1. The summed E-state index contributed by atoms with van der Waals surface area (Å²) in [5, 5.41) is 0. The summed E-state index contributed by atoms with van der Waals surface area (Å²) in [6.45, 7) is 2.05. The first-order valence-electron chi connectivity index (χ1n) is 3.56. The average Bonchev–Trinajstić information content (AvgIpc) is 2.03. The molecule has 0 atom stereocenters. The molecule has 0 spiro atoms. The molecule has 1 aromatic heterocycles.